The Morgan fingerprint density at radius 2 is 2.06 bits per heavy atom. The maximum absolute atomic E-state index is 10.0. The number of rotatable bonds is 3. The van der Waals surface area contributed by atoms with Gasteiger partial charge in [-0.25, -0.2) is 0 Å². The molecule has 1 atom stereocenters. The first-order valence-electron chi connectivity index (χ1n) is 5.49. The molecular formula is C11H23N3O2. The summed E-state index contributed by atoms with van der Waals surface area (Å²) in [6, 6.07) is -0.713. The van der Waals surface area contributed by atoms with Gasteiger partial charge in [-0.05, 0) is 12.8 Å². The lowest BCUT2D eigenvalue weighted by molar-refractivity contribution is -0.139. The van der Waals surface area contributed by atoms with Crippen LogP contribution in [-0.4, -0.2) is 47.2 Å². The fourth-order valence-corrected chi connectivity index (χ4v) is 1.08. The van der Waals surface area contributed by atoms with Gasteiger partial charge in [0.05, 0.1) is 6.67 Å². The van der Waals surface area contributed by atoms with E-state index in [1.54, 1.807) is 13.8 Å². The molecule has 0 saturated heterocycles. The third-order valence-electron chi connectivity index (χ3n) is 2.35. The molecular weight excluding hydrogens is 206 g/mol. The van der Waals surface area contributed by atoms with Crippen LogP contribution in [0.25, 0.3) is 0 Å². The van der Waals surface area contributed by atoms with Crippen LogP contribution < -0.4 is 5.73 Å². The van der Waals surface area contributed by atoms with Crippen LogP contribution in [0.4, 0.5) is 0 Å². The minimum Gasteiger partial charge on any atom is -0.480 e. The SMILES string of the molecule is CC(C)C(N)C(=O)O.CCN1C=CN(C)C1. The van der Waals surface area contributed by atoms with Crippen LogP contribution in [0.5, 0.6) is 0 Å². The Hall–Kier alpha value is -1.23. The Kier molecular flexibility index (Phi) is 6.56. The molecule has 5 heteroatoms. The van der Waals surface area contributed by atoms with E-state index in [2.05, 4.69) is 36.2 Å². The van der Waals surface area contributed by atoms with Gasteiger partial charge in [0.1, 0.15) is 6.04 Å². The highest BCUT2D eigenvalue weighted by atomic mass is 16.4. The third kappa shape index (κ3) is 5.60. The van der Waals surface area contributed by atoms with Gasteiger partial charge in [-0.3, -0.25) is 4.79 Å². The van der Waals surface area contributed by atoms with Crippen molar-refractivity contribution in [2.24, 2.45) is 11.7 Å². The molecule has 0 amide bonds. The topological polar surface area (TPSA) is 69.8 Å². The Bertz CT molecular complexity index is 241. The molecule has 0 fully saturated rings. The van der Waals surface area contributed by atoms with Gasteiger partial charge in [0.25, 0.3) is 0 Å². The standard InChI is InChI=1S/C6H12N2.C5H11NO2/c1-3-8-5-4-7(2)6-8;1-3(2)4(6)5(7)8/h4-5H,3,6H2,1-2H3;3-4H,6H2,1-2H3,(H,7,8). The van der Waals surface area contributed by atoms with Gasteiger partial charge in [-0.2, -0.15) is 0 Å². The molecule has 0 radical (unpaired) electrons. The van der Waals surface area contributed by atoms with Crippen molar-refractivity contribution >= 4 is 5.97 Å². The first-order chi connectivity index (χ1) is 7.38. The van der Waals surface area contributed by atoms with E-state index in [0.717, 1.165) is 13.2 Å². The molecule has 0 aromatic heterocycles. The number of carbonyl (C=O) groups is 1. The first-order valence-corrected chi connectivity index (χ1v) is 5.49. The molecule has 0 aromatic rings. The molecule has 0 bridgehead atoms. The molecule has 16 heavy (non-hydrogen) atoms. The van der Waals surface area contributed by atoms with Gasteiger partial charge in [0.15, 0.2) is 0 Å². The van der Waals surface area contributed by atoms with E-state index in [-0.39, 0.29) is 5.92 Å². The number of nitrogens with two attached hydrogens (primary N) is 1. The minimum atomic E-state index is -0.931. The van der Waals surface area contributed by atoms with Crippen LogP contribution in [0.2, 0.25) is 0 Å². The number of hydrogen-bond donors (Lipinski definition) is 2. The zero-order valence-electron chi connectivity index (χ0n) is 10.6. The number of carboxylic acid groups (broad SMARTS) is 1. The lowest BCUT2D eigenvalue weighted by Crippen LogP contribution is -2.34. The van der Waals surface area contributed by atoms with E-state index >= 15 is 0 Å². The van der Waals surface area contributed by atoms with Crippen molar-refractivity contribution < 1.29 is 9.90 Å². The van der Waals surface area contributed by atoms with Crippen LogP contribution in [0.3, 0.4) is 0 Å². The zero-order chi connectivity index (χ0) is 12.7. The fraction of sp³-hybridized carbons (Fsp3) is 0.727. The molecule has 0 aromatic carbocycles. The number of nitrogens with zero attached hydrogens (tertiary/aromatic N) is 2. The molecule has 1 aliphatic rings. The van der Waals surface area contributed by atoms with Crippen LogP contribution in [0.1, 0.15) is 20.8 Å². The number of hydrogen-bond acceptors (Lipinski definition) is 4. The second-order valence-electron chi connectivity index (χ2n) is 4.21. The van der Waals surface area contributed by atoms with E-state index in [0.29, 0.717) is 0 Å². The molecule has 5 nitrogen and oxygen atoms in total. The van der Waals surface area contributed by atoms with Gasteiger partial charge >= 0.3 is 5.97 Å². The van der Waals surface area contributed by atoms with Gasteiger partial charge in [-0.1, -0.05) is 13.8 Å². The molecule has 1 unspecified atom stereocenters. The number of carboxylic acids is 1. The lowest BCUT2D eigenvalue weighted by Gasteiger charge is -2.14. The lowest BCUT2D eigenvalue weighted by atomic mass is 10.1. The van der Waals surface area contributed by atoms with Gasteiger partial charge in [-0.15, -0.1) is 0 Å². The summed E-state index contributed by atoms with van der Waals surface area (Å²) in [7, 11) is 2.08. The summed E-state index contributed by atoms with van der Waals surface area (Å²) in [5.74, 6) is -0.910. The molecule has 0 aliphatic carbocycles. The van der Waals surface area contributed by atoms with E-state index in [4.69, 9.17) is 10.8 Å². The Morgan fingerprint density at radius 3 is 2.19 bits per heavy atom. The molecule has 3 N–H and O–H groups in total. The largest absolute Gasteiger partial charge is 0.480 e. The summed E-state index contributed by atoms with van der Waals surface area (Å²) in [5, 5.41) is 8.23. The molecule has 1 heterocycles. The summed E-state index contributed by atoms with van der Waals surface area (Å²) >= 11 is 0. The third-order valence-corrected chi connectivity index (χ3v) is 2.35. The fourth-order valence-electron chi connectivity index (χ4n) is 1.08. The summed E-state index contributed by atoms with van der Waals surface area (Å²) in [5.41, 5.74) is 5.16. The highest BCUT2D eigenvalue weighted by molar-refractivity contribution is 5.73. The van der Waals surface area contributed by atoms with Crippen molar-refractivity contribution in [2.75, 3.05) is 20.3 Å². The summed E-state index contributed by atoms with van der Waals surface area (Å²) in [6.45, 7) is 7.87. The first kappa shape index (κ1) is 14.8. The number of aliphatic carboxylic acids is 1. The van der Waals surface area contributed by atoms with Crippen molar-refractivity contribution in [1.82, 2.24) is 9.80 Å². The maximum Gasteiger partial charge on any atom is 0.320 e. The Balaban J connectivity index is 0.000000281. The predicted molar refractivity (Wildman–Crippen MR) is 64.6 cm³/mol. The van der Waals surface area contributed by atoms with E-state index < -0.39 is 12.0 Å². The van der Waals surface area contributed by atoms with Gasteiger partial charge < -0.3 is 20.6 Å². The highest BCUT2D eigenvalue weighted by Gasteiger charge is 2.14. The van der Waals surface area contributed by atoms with Crippen molar-refractivity contribution in [3.63, 3.8) is 0 Å². The smallest absolute Gasteiger partial charge is 0.320 e. The van der Waals surface area contributed by atoms with E-state index in [1.165, 1.54) is 0 Å². The normalized spacial score (nSPS) is 16.1. The second kappa shape index (κ2) is 7.11. The average molecular weight is 229 g/mol. The summed E-state index contributed by atoms with van der Waals surface area (Å²) < 4.78 is 0. The summed E-state index contributed by atoms with van der Waals surface area (Å²) in [6.07, 6.45) is 4.20. The second-order valence-corrected chi connectivity index (χ2v) is 4.21. The van der Waals surface area contributed by atoms with Gasteiger partial charge in [0.2, 0.25) is 0 Å². The van der Waals surface area contributed by atoms with Crippen molar-refractivity contribution in [3.05, 3.63) is 12.4 Å². The summed E-state index contributed by atoms with van der Waals surface area (Å²) in [4.78, 5) is 14.4. The Labute approximate surface area is 97.5 Å². The highest BCUT2D eigenvalue weighted by Crippen LogP contribution is 2.00. The monoisotopic (exact) mass is 229 g/mol. The van der Waals surface area contributed by atoms with Crippen LogP contribution in [0, 0.1) is 5.92 Å². The maximum atomic E-state index is 10.0. The van der Waals surface area contributed by atoms with Crippen LogP contribution in [0.15, 0.2) is 12.4 Å². The molecule has 0 saturated carbocycles. The molecule has 1 rings (SSSR count). The predicted octanol–water partition coefficient (Wildman–Crippen LogP) is 0.737. The van der Waals surface area contributed by atoms with Crippen LogP contribution >= 0.6 is 0 Å². The van der Waals surface area contributed by atoms with Crippen molar-refractivity contribution in [2.45, 2.75) is 26.8 Å². The molecule has 94 valence electrons. The van der Waals surface area contributed by atoms with Crippen molar-refractivity contribution in [1.29, 1.82) is 0 Å². The van der Waals surface area contributed by atoms with E-state index in [1.807, 2.05) is 0 Å². The zero-order valence-corrected chi connectivity index (χ0v) is 10.6. The molecule has 1 aliphatic heterocycles. The van der Waals surface area contributed by atoms with E-state index in [9.17, 15) is 4.79 Å². The quantitative estimate of drug-likeness (QED) is 0.747. The van der Waals surface area contributed by atoms with Crippen molar-refractivity contribution in [3.8, 4) is 0 Å². The van der Waals surface area contributed by atoms with Gasteiger partial charge in [0, 0.05) is 26.0 Å². The Morgan fingerprint density at radius 1 is 1.50 bits per heavy atom. The minimum absolute atomic E-state index is 0.0208. The van der Waals surface area contributed by atoms with Crippen LogP contribution in [-0.2, 0) is 4.79 Å². The average Bonchev–Trinajstić information content (AvgIpc) is 2.63. The molecule has 0 spiro atoms.